The molecule has 1 heterocycles. The first kappa shape index (κ1) is 8.94. The van der Waals surface area contributed by atoms with Gasteiger partial charge in [-0.15, -0.1) is 17.4 Å². The van der Waals surface area contributed by atoms with E-state index in [1.54, 1.807) is 11.8 Å². The maximum absolute atomic E-state index is 5.33. The molecule has 64 valence electrons. The van der Waals surface area contributed by atoms with Crippen molar-refractivity contribution in [3.63, 3.8) is 0 Å². The molecule has 0 saturated heterocycles. The number of thioether (sulfide) groups is 1. The number of nitrogen functional groups attached to an aromatic ring is 1. The number of aromatic nitrogens is 3. The predicted octanol–water partition coefficient (Wildman–Crippen LogP) is 0.892. The van der Waals surface area contributed by atoms with E-state index < -0.39 is 0 Å². The van der Waals surface area contributed by atoms with Crippen LogP contribution in [0.1, 0.15) is 12.8 Å². The average Bonchev–Trinajstić information content (AvgIpc) is 2.45. The summed E-state index contributed by atoms with van der Waals surface area (Å²) in [5.41, 5.74) is 5.33. The van der Waals surface area contributed by atoms with Crippen LogP contribution in [0.3, 0.4) is 0 Å². The summed E-state index contributed by atoms with van der Waals surface area (Å²) in [6, 6.07) is 0. The number of hydrogen-bond donors (Lipinski definition) is 2. The van der Waals surface area contributed by atoms with Crippen molar-refractivity contribution >= 4 is 17.7 Å². The van der Waals surface area contributed by atoms with Crippen molar-refractivity contribution in [2.24, 2.45) is 0 Å². The second-order valence-electron chi connectivity index (χ2n) is 2.16. The van der Waals surface area contributed by atoms with Crippen molar-refractivity contribution in [1.29, 1.82) is 0 Å². The molecule has 0 aromatic carbocycles. The van der Waals surface area contributed by atoms with E-state index in [0.717, 1.165) is 18.6 Å². The summed E-state index contributed by atoms with van der Waals surface area (Å²) in [6.07, 6.45) is 6.88. The lowest BCUT2D eigenvalue weighted by Gasteiger charge is -1.91. The minimum atomic E-state index is 0.356. The van der Waals surface area contributed by atoms with Crippen molar-refractivity contribution in [3.8, 4) is 12.3 Å². The molecule has 0 unspecified atom stereocenters. The fourth-order valence-corrected chi connectivity index (χ4v) is 1.40. The van der Waals surface area contributed by atoms with Crippen molar-refractivity contribution in [2.45, 2.75) is 18.0 Å². The minimum Gasteiger partial charge on any atom is -0.368 e. The first-order valence-corrected chi connectivity index (χ1v) is 4.55. The van der Waals surface area contributed by atoms with E-state index in [1.165, 1.54) is 0 Å². The van der Waals surface area contributed by atoms with Crippen LogP contribution in [0.2, 0.25) is 0 Å². The Morgan fingerprint density at radius 3 is 3.08 bits per heavy atom. The molecule has 1 aromatic heterocycles. The Labute approximate surface area is 75.3 Å². The topological polar surface area (TPSA) is 67.6 Å². The molecule has 4 nitrogen and oxygen atoms in total. The second-order valence-corrected chi connectivity index (χ2v) is 3.22. The normalized spacial score (nSPS) is 9.58. The summed E-state index contributed by atoms with van der Waals surface area (Å²) in [7, 11) is 0. The van der Waals surface area contributed by atoms with Crippen LogP contribution in [0.15, 0.2) is 5.16 Å². The Morgan fingerprint density at radius 2 is 2.50 bits per heavy atom. The van der Waals surface area contributed by atoms with Gasteiger partial charge in [0.15, 0.2) is 0 Å². The number of anilines is 1. The Hall–Kier alpha value is -1.15. The molecule has 0 spiro atoms. The molecule has 3 N–H and O–H groups in total. The Balaban J connectivity index is 2.21. The number of aromatic amines is 1. The van der Waals surface area contributed by atoms with Crippen molar-refractivity contribution in [3.05, 3.63) is 0 Å². The molecule has 1 aromatic rings. The zero-order chi connectivity index (χ0) is 8.81. The van der Waals surface area contributed by atoms with Crippen LogP contribution >= 0.6 is 11.8 Å². The third-order valence-electron chi connectivity index (χ3n) is 1.18. The first-order valence-electron chi connectivity index (χ1n) is 3.57. The molecule has 12 heavy (non-hydrogen) atoms. The van der Waals surface area contributed by atoms with Crippen LogP contribution in [0.25, 0.3) is 0 Å². The van der Waals surface area contributed by atoms with Gasteiger partial charge in [0.1, 0.15) is 0 Å². The SMILES string of the molecule is C#CCCCSc1n[nH]c(N)n1. The number of H-pyrrole nitrogens is 1. The molecule has 1 rings (SSSR count). The van der Waals surface area contributed by atoms with E-state index >= 15 is 0 Å². The third-order valence-corrected chi connectivity index (χ3v) is 2.11. The fraction of sp³-hybridized carbons (Fsp3) is 0.429. The summed E-state index contributed by atoms with van der Waals surface area (Å²) < 4.78 is 0. The Morgan fingerprint density at radius 1 is 1.67 bits per heavy atom. The second kappa shape index (κ2) is 4.67. The van der Waals surface area contributed by atoms with Crippen LogP contribution in [0.4, 0.5) is 5.95 Å². The summed E-state index contributed by atoms with van der Waals surface area (Å²) in [4.78, 5) is 3.93. The third kappa shape index (κ3) is 2.84. The molecule has 0 aliphatic heterocycles. The molecule has 0 aliphatic carbocycles. The lowest BCUT2D eigenvalue weighted by atomic mass is 10.4. The van der Waals surface area contributed by atoms with E-state index in [4.69, 9.17) is 12.2 Å². The van der Waals surface area contributed by atoms with Crippen LogP contribution in [-0.2, 0) is 0 Å². The van der Waals surface area contributed by atoms with Crippen LogP contribution in [0.5, 0.6) is 0 Å². The van der Waals surface area contributed by atoms with E-state index in [1.807, 2.05) is 0 Å². The van der Waals surface area contributed by atoms with Gasteiger partial charge in [0, 0.05) is 12.2 Å². The van der Waals surface area contributed by atoms with Gasteiger partial charge in [-0.3, -0.25) is 0 Å². The monoisotopic (exact) mass is 182 g/mol. The Kier molecular flexibility index (Phi) is 3.48. The zero-order valence-corrected chi connectivity index (χ0v) is 7.40. The van der Waals surface area contributed by atoms with Gasteiger partial charge in [0.2, 0.25) is 11.1 Å². The number of terminal acetylenes is 1. The van der Waals surface area contributed by atoms with Gasteiger partial charge in [-0.1, -0.05) is 11.8 Å². The standard InChI is InChI=1S/C7H10N4S/c1-2-3-4-5-12-7-9-6(8)10-11-7/h1H,3-5H2,(H3,8,9,10,11). The van der Waals surface area contributed by atoms with Crippen molar-refractivity contribution in [1.82, 2.24) is 15.2 Å². The van der Waals surface area contributed by atoms with Crippen molar-refractivity contribution < 1.29 is 0 Å². The molecule has 0 saturated carbocycles. The summed E-state index contributed by atoms with van der Waals surface area (Å²) >= 11 is 1.55. The fourth-order valence-electron chi connectivity index (χ4n) is 0.660. The van der Waals surface area contributed by atoms with E-state index in [2.05, 4.69) is 21.1 Å². The molecule has 0 atom stereocenters. The summed E-state index contributed by atoms with van der Waals surface area (Å²) in [5, 5.41) is 7.11. The number of rotatable bonds is 4. The maximum atomic E-state index is 5.33. The molecule has 0 aliphatic rings. The summed E-state index contributed by atoms with van der Waals surface area (Å²) in [5.74, 6) is 3.86. The van der Waals surface area contributed by atoms with Crippen LogP contribution in [-0.4, -0.2) is 20.9 Å². The van der Waals surface area contributed by atoms with E-state index in [-0.39, 0.29) is 0 Å². The average molecular weight is 182 g/mol. The van der Waals surface area contributed by atoms with Gasteiger partial charge in [-0.25, -0.2) is 5.10 Å². The number of nitrogens with zero attached hydrogens (tertiary/aromatic N) is 2. The number of unbranched alkanes of at least 4 members (excludes halogenated alkanes) is 1. The Bertz CT molecular complexity index is 275. The van der Waals surface area contributed by atoms with Gasteiger partial charge >= 0.3 is 0 Å². The number of hydrogen-bond acceptors (Lipinski definition) is 4. The lowest BCUT2D eigenvalue weighted by Crippen LogP contribution is -1.85. The van der Waals surface area contributed by atoms with Crippen LogP contribution < -0.4 is 5.73 Å². The van der Waals surface area contributed by atoms with E-state index in [0.29, 0.717) is 11.1 Å². The predicted molar refractivity (Wildman–Crippen MR) is 49.6 cm³/mol. The molecule has 0 amide bonds. The quantitative estimate of drug-likeness (QED) is 0.412. The van der Waals surface area contributed by atoms with Gasteiger partial charge in [-0.05, 0) is 6.42 Å². The van der Waals surface area contributed by atoms with Crippen LogP contribution in [0, 0.1) is 12.3 Å². The highest BCUT2D eigenvalue weighted by Gasteiger charge is 1.98. The van der Waals surface area contributed by atoms with Crippen molar-refractivity contribution in [2.75, 3.05) is 11.5 Å². The molecular formula is C7H10N4S. The molecule has 5 heteroatoms. The molecule has 0 bridgehead atoms. The largest absolute Gasteiger partial charge is 0.368 e. The lowest BCUT2D eigenvalue weighted by molar-refractivity contribution is 0.955. The highest BCUT2D eigenvalue weighted by molar-refractivity contribution is 7.99. The smallest absolute Gasteiger partial charge is 0.216 e. The zero-order valence-electron chi connectivity index (χ0n) is 6.58. The van der Waals surface area contributed by atoms with Gasteiger partial charge in [-0.2, -0.15) is 4.98 Å². The first-order chi connectivity index (χ1) is 5.83. The van der Waals surface area contributed by atoms with Gasteiger partial charge < -0.3 is 5.73 Å². The van der Waals surface area contributed by atoms with E-state index in [9.17, 15) is 0 Å². The highest BCUT2D eigenvalue weighted by Crippen LogP contribution is 2.14. The molecule has 0 radical (unpaired) electrons. The number of nitrogens with two attached hydrogens (primary N) is 1. The van der Waals surface area contributed by atoms with Gasteiger partial charge in [0.25, 0.3) is 0 Å². The maximum Gasteiger partial charge on any atom is 0.216 e. The van der Waals surface area contributed by atoms with Gasteiger partial charge in [0.05, 0.1) is 0 Å². The molecular weight excluding hydrogens is 172 g/mol. The highest BCUT2D eigenvalue weighted by atomic mass is 32.2. The number of nitrogens with one attached hydrogen (secondary N) is 1. The molecule has 0 fully saturated rings. The summed E-state index contributed by atoms with van der Waals surface area (Å²) in [6.45, 7) is 0. The minimum absolute atomic E-state index is 0.356.